The number of carbonyl (C=O) groups excluding carboxylic acids is 2. The predicted octanol–water partition coefficient (Wildman–Crippen LogP) is 4.78. The molecule has 0 aliphatic heterocycles. The van der Waals surface area contributed by atoms with E-state index in [9.17, 15) is 14.0 Å². The van der Waals surface area contributed by atoms with E-state index in [1.807, 2.05) is 47.8 Å². The number of carbonyl (C=O) groups is 2. The lowest BCUT2D eigenvalue weighted by atomic mass is 10.0. The number of nitrogens with zero attached hydrogens (tertiary/aromatic N) is 2. The Bertz CT molecular complexity index is 1220. The molecule has 0 saturated carbocycles. The van der Waals surface area contributed by atoms with Crippen LogP contribution in [0.25, 0.3) is 5.69 Å². The Kier molecular flexibility index (Phi) is 5.77. The highest BCUT2D eigenvalue weighted by molar-refractivity contribution is 7.10. The number of Topliss-reactive ketones (excluding diaryl/α,β-unsaturated/α-hetero) is 1. The minimum atomic E-state index is -0.735. The van der Waals surface area contributed by atoms with E-state index < -0.39 is 17.7 Å². The Hall–Kier alpha value is -3.58. The van der Waals surface area contributed by atoms with Crippen molar-refractivity contribution in [3.05, 3.63) is 105 Å². The first-order chi connectivity index (χ1) is 15.0. The minimum Gasteiger partial charge on any atom is -0.337 e. The molecule has 2 aromatic carbocycles. The molecule has 0 radical (unpaired) electrons. The molecule has 4 aromatic rings. The van der Waals surface area contributed by atoms with E-state index in [0.29, 0.717) is 17.0 Å². The van der Waals surface area contributed by atoms with Gasteiger partial charge in [0.15, 0.2) is 0 Å². The van der Waals surface area contributed by atoms with Crippen molar-refractivity contribution in [3.8, 4) is 5.69 Å². The van der Waals surface area contributed by atoms with Gasteiger partial charge in [-0.2, -0.15) is 5.10 Å². The number of amides is 1. The highest BCUT2D eigenvalue weighted by Crippen LogP contribution is 2.27. The monoisotopic (exact) mass is 433 g/mol. The molecule has 0 spiro atoms. The molecule has 1 amide bonds. The topological polar surface area (TPSA) is 64.0 Å². The SMILES string of the molecule is Cc1nn(-c2ccccc2)c(C)c1C(=O)C(=O)NC(c1ccc(F)cc1)c1cccs1. The van der Waals surface area contributed by atoms with Crippen LogP contribution in [0.15, 0.2) is 72.1 Å². The molecular formula is C24H20FN3O2S. The van der Waals surface area contributed by atoms with Gasteiger partial charge in [0.1, 0.15) is 5.82 Å². The summed E-state index contributed by atoms with van der Waals surface area (Å²) >= 11 is 1.45. The van der Waals surface area contributed by atoms with Gasteiger partial charge in [0.2, 0.25) is 0 Å². The molecule has 1 unspecified atom stereocenters. The van der Waals surface area contributed by atoms with Gasteiger partial charge in [0.25, 0.3) is 11.7 Å². The molecule has 0 aliphatic carbocycles. The summed E-state index contributed by atoms with van der Waals surface area (Å²) in [6.45, 7) is 3.48. The van der Waals surface area contributed by atoms with E-state index in [2.05, 4.69) is 10.4 Å². The Morgan fingerprint density at radius 3 is 2.35 bits per heavy atom. The van der Waals surface area contributed by atoms with Gasteiger partial charge in [-0.05, 0) is 55.1 Å². The van der Waals surface area contributed by atoms with Crippen molar-refractivity contribution in [3.63, 3.8) is 0 Å². The summed E-state index contributed by atoms with van der Waals surface area (Å²) in [7, 11) is 0. The number of thiophene rings is 1. The average Bonchev–Trinajstić information content (AvgIpc) is 3.41. The highest BCUT2D eigenvalue weighted by atomic mass is 32.1. The van der Waals surface area contributed by atoms with Crippen LogP contribution in [-0.2, 0) is 4.79 Å². The Balaban J connectivity index is 1.64. The van der Waals surface area contributed by atoms with Crippen LogP contribution in [0.3, 0.4) is 0 Å². The number of para-hydroxylation sites is 1. The van der Waals surface area contributed by atoms with Crippen molar-refractivity contribution in [2.45, 2.75) is 19.9 Å². The molecule has 2 heterocycles. The zero-order valence-corrected chi connectivity index (χ0v) is 17.8. The van der Waals surface area contributed by atoms with Crippen molar-refractivity contribution in [2.75, 3.05) is 0 Å². The normalized spacial score (nSPS) is 11.8. The molecule has 0 saturated heterocycles. The van der Waals surface area contributed by atoms with Crippen molar-refractivity contribution in [1.82, 2.24) is 15.1 Å². The second-order valence-electron chi connectivity index (χ2n) is 7.10. The number of hydrogen-bond acceptors (Lipinski definition) is 4. The van der Waals surface area contributed by atoms with Crippen LogP contribution in [-0.4, -0.2) is 21.5 Å². The molecule has 1 N–H and O–H groups in total. The van der Waals surface area contributed by atoms with E-state index in [4.69, 9.17) is 0 Å². The van der Waals surface area contributed by atoms with Gasteiger partial charge in [-0.25, -0.2) is 9.07 Å². The highest BCUT2D eigenvalue weighted by Gasteiger charge is 2.28. The molecule has 4 rings (SSSR count). The van der Waals surface area contributed by atoms with E-state index >= 15 is 0 Å². The molecule has 0 fully saturated rings. The largest absolute Gasteiger partial charge is 0.337 e. The lowest BCUT2D eigenvalue weighted by molar-refractivity contribution is -0.117. The van der Waals surface area contributed by atoms with Gasteiger partial charge in [0, 0.05) is 4.88 Å². The summed E-state index contributed by atoms with van der Waals surface area (Å²) in [6.07, 6.45) is 0. The van der Waals surface area contributed by atoms with Gasteiger partial charge < -0.3 is 5.32 Å². The Morgan fingerprint density at radius 1 is 1.00 bits per heavy atom. The lowest BCUT2D eigenvalue weighted by Crippen LogP contribution is -2.35. The second kappa shape index (κ2) is 8.65. The van der Waals surface area contributed by atoms with E-state index in [1.165, 1.54) is 23.5 Å². The smallest absolute Gasteiger partial charge is 0.293 e. The van der Waals surface area contributed by atoms with Crippen LogP contribution >= 0.6 is 11.3 Å². The molecule has 1 atom stereocenters. The van der Waals surface area contributed by atoms with Gasteiger partial charge in [0.05, 0.1) is 28.7 Å². The fourth-order valence-electron chi connectivity index (χ4n) is 3.53. The number of ketones is 1. The standard InChI is InChI=1S/C24H20FN3O2S/c1-15-21(16(2)28(27-15)19-7-4-3-5-8-19)23(29)24(30)26-22(20-9-6-14-31-20)17-10-12-18(25)13-11-17/h3-14,22H,1-2H3,(H,26,30). The fourth-order valence-corrected chi connectivity index (χ4v) is 4.33. The third-order valence-electron chi connectivity index (χ3n) is 5.03. The zero-order valence-electron chi connectivity index (χ0n) is 17.0. The van der Waals surface area contributed by atoms with Crippen molar-refractivity contribution in [2.24, 2.45) is 0 Å². The van der Waals surface area contributed by atoms with E-state index in [-0.39, 0.29) is 11.4 Å². The number of hydrogen-bond donors (Lipinski definition) is 1. The van der Waals surface area contributed by atoms with Crippen LogP contribution in [0.5, 0.6) is 0 Å². The molecule has 5 nitrogen and oxygen atoms in total. The number of halogens is 1. The predicted molar refractivity (Wildman–Crippen MR) is 118 cm³/mol. The first kappa shape index (κ1) is 20.7. The molecule has 0 bridgehead atoms. The molecule has 2 aromatic heterocycles. The number of rotatable bonds is 6. The number of aryl methyl sites for hydroxylation is 1. The molecular weight excluding hydrogens is 413 g/mol. The molecule has 0 aliphatic rings. The van der Waals surface area contributed by atoms with Gasteiger partial charge >= 0.3 is 0 Å². The zero-order chi connectivity index (χ0) is 22.0. The third kappa shape index (κ3) is 4.18. The van der Waals surface area contributed by atoms with Crippen LogP contribution in [0.4, 0.5) is 4.39 Å². The van der Waals surface area contributed by atoms with Crippen LogP contribution < -0.4 is 5.32 Å². The number of aromatic nitrogens is 2. The summed E-state index contributed by atoms with van der Waals surface area (Å²) in [4.78, 5) is 26.9. The average molecular weight is 434 g/mol. The maximum atomic E-state index is 13.4. The van der Waals surface area contributed by atoms with Gasteiger partial charge in [-0.3, -0.25) is 9.59 Å². The van der Waals surface area contributed by atoms with Crippen molar-refractivity contribution >= 4 is 23.0 Å². The van der Waals surface area contributed by atoms with Crippen LogP contribution in [0.2, 0.25) is 0 Å². The van der Waals surface area contributed by atoms with E-state index in [0.717, 1.165) is 10.6 Å². The molecule has 31 heavy (non-hydrogen) atoms. The summed E-state index contributed by atoms with van der Waals surface area (Å²) in [6, 6.07) is 18.5. The fraction of sp³-hybridized carbons (Fsp3) is 0.125. The van der Waals surface area contributed by atoms with Crippen molar-refractivity contribution < 1.29 is 14.0 Å². The summed E-state index contributed by atoms with van der Waals surface area (Å²) in [5.41, 5.74) is 2.86. The molecule has 7 heteroatoms. The van der Waals surface area contributed by atoms with Crippen LogP contribution in [0, 0.1) is 19.7 Å². The second-order valence-corrected chi connectivity index (χ2v) is 8.08. The van der Waals surface area contributed by atoms with Crippen molar-refractivity contribution in [1.29, 1.82) is 0 Å². The van der Waals surface area contributed by atoms with Gasteiger partial charge in [-0.1, -0.05) is 36.4 Å². The first-order valence-electron chi connectivity index (χ1n) is 9.71. The third-order valence-corrected chi connectivity index (χ3v) is 5.97. The quantitative estimate of drug-likeness (QED) is 0.352. The Morgan fingerprint density at radius 2 is 1.71 bits per heavy atom. The maximum Gasteiger partial charge on any atom is 0.293 e. The minimum absolute atomic E-state index is 0.283. The summed E-state index contributed by atoms with van der Waals surface area (Å²) < 4.78 is 15.0. The lowest BCUT2D eigenvalue weighted by Gasteiger charge is -2.18. The summed E-state index contributed by atoms with van der Waals surface area (Å²) in [5, 5.41) is 9.16. The number of nitrogens with one attached hydrogen (secondary N) is 1. The van der Waals surface area contributed by atoms with Crippen LogP contribution in [0.1, 0.15) is 38.2 Å². The van der Waals surface area contributed by atoms with E-state index in [1.54, 1.807) is 30.7 Å². The Labute approximate surface area is 183 Å². The number of benzene rings is 2. The molecule has 156 valence electrons. The first-order valence-corrected chi connectivity index (χ1v) is 10.6. The maximum absolute atomic E-state index is 13.4. The summed E-state index contributed by atoms with van der Waals surface area (Å²) in [5.74, 6) is -1.75. The van der Waals surface area contributed by atoms with Gasteiger partial charge in [-0.15, -0.1) is 11.3 Å².